The zero-order chi connectivity index (χ0) is 22.6. The third-order valence-corrected chi connectivity index (χ3v) is 5.94. The number of ether oxygens (including phenoxy) is 1. The van der Waals surface area contributed by atoms with Crippen LogP contribution in [0.25, 0.3) is 5.69 Å². The minimum Gasteiger partial charge on any atom is -0.377 e. The molecule has 7 nitrogen and oxygen atoms in total. The van der Waals surface area contributed by atoms with E-state index in [0.29, 0.717) is 25.4 Å². The molecule has 3 heterocycles. The van der Waals surface area contributed by atoms with Crippen molar-refractivity contribution in [2.45, 2.75) is 31.7 Å². The summed E-state index contributed by atoms with van der Waals surface area (Å²) in [4.78, 5) is 19.8. The number of thiophene rings is 1. The van der Waals surface area contributed by atoms with Gasteiger partial charge >= 0.3 is 6.18 Å². The Labute approximate surface area is 186 Å². The van der Waals surface area contributed by atoms with Gasteiger partial charge in [-0.25, -0.2) is 9.67 Å². The molecule has 1 aliphatic rings. The Hall–Kier alpha value is -2.76. The van der Waals surface area contributed by atoms with Crippen LogP contribution in [-0.4, -0.2) is 51.4 Å². The van der Waals surface area contributed by atoms with Crippen molar-refractivity contribution in [3.8, 4) is 5.69 Å². The standard InChI is InChI=1S/C21H22F3N5O2S/c22-21(23,24)15-5-6-19(29-14-25-13-26-29)18(9-15)27-20(30)12-28(10-16-3-1-7-31-16)11-17-4-2-8-32-17/h2,4-6,8-9,13-14,16H,1,3,7,10-12H2,(H,27,30). The van der Waals surface area contributed by atoms with Gasteiger partial charge in [-0.1, -0.05) is 6.07 Å². The molecular weight excluding hydrogens is 443 g/mol. The first-order valence-electron chi connectivity index (χ1n) is 10.1. The summed E-state index contributed by atoms with van der Waals surface area (Å²) in [6.45, 7) is 1.85. The minimum atomic E-state index is -4.54. The van der Waals surface area contributed by atoms with Crippen molar-refractivity contribution in [1.82, 2.24) is 19.7 Å². The number of nitrogens with zero attached hydrogens (tertiary/aromatic N) is 4. The maximum Gasteiger partial charge on any atom is 0.416 e. The summed E-state index contributed by atoms with van der Waals surface area (Å²) in [5.74, 6) is -0.416. The van der Waals surface area contributed by atoms with Gasteiger partial charge in [0.25, 0.3) is 0 Å². The van der Waals surface area contributed by atoms with Crippen molar-refractivity contribution >= 4 is 22.9 Å². The largest absolute Gasteiger partial charge is 0.416 e. The lowest BCUT2D eigenvalue weighted by atomic mass is 10.1. The molecule has 4 rings (SSSR count). The number of carbonyl (C=O) groups is 1. The number of hydrogen-bond donors (Lipinski definition) is 1. The second kappa shape index (κ2) is 9.80. The highest BCUT2D eigenvalue weighted by Crippen LogP contribution is 2.33. The predicted octanol–water partition coefficient (Wildman–Crippen LogP) is 3.97. The smallest absolute Gasteiger partial charge is 0.377 e. The van der Waals surface area contributed by atoms with E-state index in [4.69, 9.17) is 4.74 Å². The van der Waals surface area contributed by atoms with Gasteiger partial charge in [0.05, 0.1) is 29.6 Å². The van der Waals surface area contributed by atoms with Crippen LogP contribution in [0.3, 0.4) is 0 Å². The van der Waals surface area contributed by atoms with Gasteiger partial charge in [0.1, 0.15) is 12.7 Å². The van der Waals surface area contributed by atoms with Gasteiger partial charge in [0, 0.05) is 24.6 Å². The van der Waals surface area contributed by atoms with Crippen LogP contribution in [-0.2, 0) is 22.3 Å². The van der Waals surface area contributed by atoms with E-state index in [1.54, 1.807) is 11.3 Å². The summed E-state index contributed by atoms with van der Waals surface area (Å²) in [6.07, 6.45) is 0.0432. The van der Waals surface area contributed by atoms with Crippen molar-refractivity contribution in [3.63, 3.8) is 0 Å². The monoisotopic (exact) mass is 465 g/mol. The fourth-order valence-electron chi connectivity index (χ4n) is 3.62. The summed E-state index contributed by atoms with van der Waals surface area (Å²) in [7, 11) is 0. The Morgan fingerprint density at radius 3 is 2.88 bits per heavy atom. The van der Waals surface area contributed by atoms with E-state index in [2.05, 4.69) is 15.4 Å². The van der Waals surface area contributed by atoms with Crippen molar-refractivity contribution in [1.29, 1.82) is 0 Å². The summed E-state index contributed by atoms with van der Waals surface area (Å²) in [6, 6.07) is 7.06. The molecule has 1 unspecified atom stereocenters. The average molecular weight is 466 g/mol. The van der Waals surface area contributed by atoms with Crippen molar-refractivity contribution in [2.24, 2.45) is 0 Å². The molecule has 170 valence electrons. The first-order valence-corrected chi connectivity index (χ1v) is 11.0. The van der Waals surface area contributed by atoms with Gasteiger partial charge in [-0.05, 0) is 42.5 Å². The Kier molecular flexibility index (Phi) is 6.87. The number of rotatable bonds is 8. The second-order valence-corrected chi connectivity index (χ2v) is 8.53. The van der Waals surface area contributed by atoms with Gasteiger partial charge in [-0.15, -0.1) is 11.3 Å². The van der Waals surface area contributed by atoms with Crippen molar-refractivity contribution in [2.75, 3.05) is 25.0 Å². The second-order valence-electron chi connectivity index (χ2n) is 7.50. The Balaban J connectivity index is 1.52. The molecule has 0 aliphatic carbocycles. The molecule has 1 atom stereocenters. The van der Waals surface area contributed by atoms with Gasteiger partial charge in [0.2, 0.25) is 5.91 Å². The summed E-state index contributed by atoms with van der Waals surface area (Å²) in [5.41, 5.74) is -0.539. The highest BCUT2D eigenvalue weighted by Gasteiger charge is 2.31. The number of alkyl halides is 3. The molecule has 3 aromatic rings. The first kappa shape index (κ1) is 22.4. The number of nitrogens with one attached hydrogen (secondary N) is 1. The third kappa shape index (κ3) is 5.72. The molecule has 32 heavy (non-hydrogen) atoms. The number of anilines is 1. The summed E-state index contributed by atoms with van der Waals surface area (Å²) < 4.78 is 46.8. The Morgan fingerprint density at radius 1 is 1.34 bits per heavy atom. The normalized spacial score (nSPS) is 16.6. The number of hydrogen-bond acceptors (Lipinski definition) is 6. The maximum absolute atomic E-state index is 13.3. The lowest BCUT2D eigenvalue weighted by Gasteiger charge is -2.24. The lowest BCUT2D eigenvalue weighted by Crippen LogP contribution is -2.37. The quantitative estimate of drug-likeness (QED) is 0.545. The van der Waals surface area contributed by atoms with Crippen LogP contribution in [0.4, 0.5) is 18.9 Å². The van der Waals surface area contributed by atoms with Crippen LogP contribution < -0.4 is 5.32 Å². The lowest BCUT2D eigenvalue weighted by molar-refractivity contribution is -0.137. The fourth-order valence-corrected chi connectivity index (χ4v) is 4.37. The Bertz CT molecular complexity index is 1020. The van der Waals surface area contributed by atoms with E-state index < -0.39 is 17.6 Å². The first-order chi connectivity index (χ1) is 15.4. The molecule has 0 spiro atoms. The maximum atomic E-state index is 13.3. The van der Waals surface area contributed by atoms with Gasteiger partial charge in [-0.2, -0.15) is 18.3 Å². The highest BCUT2D eigenvalue weighted by atomic mass is 32.1. The number of aromatic nitrogens is 3. The molecule has 0 radical (unpaired) electrons. The molecule has 1 N–H and O–H groups in total. The number of carbonyl (C=O) groups excluding carboxylic acids is 1. The molecule has 1 aliphatic heterocycles. The molecule has 1 amide bonds. The van der Waals surface area contributed by atoms with Crippen LogP contribution in [0.1, 0.15) is 23.3 Å². The molecule has 0 saturated carbocycles. The van der Waals surface area contributed by atoms with E-state index >= 15 is 0 Å². The topological polar surface area (TPSA) is 72.3 Å². The molecule has 0 bridgehead atoms. The summed E-state index contributed by atoms with van der Waals surface area (Å²) >= 11 is 1.59. The molecule has 1 saturated heterocycles. The zero-order valence-corrected chi connectivity index (χ0v) is 17.9. The van der Waals surface area contributed by atoms with Crippen molar-refractivity contribution in [3.05, 3.63) is 58.8 Å². The molecular formula is C21H22F3N5O2S. The molecule has 2 aromatic heterocycles. The van der Waals surface area contributed by atoms with Crippen LogP contribution in [0.2, 0.25) is 0 Å². The van der Waals surface area contributed by atoms with E-state index in [9.17, 15) is 18.0 Å². The van der Waals surface area contributed by atoms with Gasteiger partial charge in [-0.3, -0.25) is 9.69 Å². The van der Waals surface area contributed by atoms with E-state index in [-0.39, 0.29) is 18.3 Å². The predicted molar refractivity (Wildman–Crippen MR) is 114 cm³/mol. The Morgan fingerprint density at radius 2 is 2.22 bits per heavy atom. The fraction of sp³-hybridized carbons (Fsp3) is 0.381. The molecule has 1 aromatic carbocycles. The van der Waals surface area contributed by atoms with E-state index in [1.807, 2.05) is 22.4 Å². The van der Waals surface area contributed by atoms with Crippen molar-refractivity contribution < 1.29 is 22.7 Å². The van der Waals surface area contributed by atoms with E-state index in [0.717, 1.165) is 29.9 Å². The number of halogens is 3. The zero-order valence-electron chi connectivity index (χ0n) is 17.1. The van der Waals surface area contributed by atoms with Crippen LogP contribution in [0, 0.1) is 0 Å². The van der Waals surface area contributed by atoms with Crippen LogP contribution in [0.5, 0.6) is 0 Å². The number of amides is 1. The molecule has 1 fully saturated rings. The third-order valence-electron chi connectivity index (χ3n) is 5.08. The molecule has 11 heteroatoms. The number of benzene rings is 1. The van der Waals surface area contributed by atoms with E-state index in [1.165, 1.54) is 23.4 Å². The van der Waals surface area contributed by atoms with Crippen LogP contribution >= 0.6 is 11.3 Å². The summed E-state index contributed by atoms with van der Waals surface area (Å²) in [5, 5.41) is 8.58. The average Bonchev–Trinajstić information content (AvgIpc) is 3.51. The van der Waals surface area contributed by atoms with Gasteiger partial charge in [0.15, 0.2) is 0 Å². The SMILES string of the molecule is O=C(CN(Cc1cccs1)CC1CCCO1)Nc1cc(C(F)(F)F)ccc1-n1cncn1. The van der Waals surface area contributed by atoms with Gasteiger partial charge < -0.3 is 10.1 Å². The highest BCUT2D eigenvalue weighted by molar-refractivity contribution is 7.09. The van der Waals surface area contributed by atoms with Crippen LogP contribution in [0.15, 0.2) is 48.4 Å². The minimum absolute atomic E-state index is 0.0171.